The lowest BCUT2D eigenvalue weighted by atomic mass is 9.47. The zero-order valence-corrected chi connectivity index (χ0v) is 20.0. The molecule has 2 heteroatoms. The maximum absolute atomic E-state index is 10.8. The van der Waals surface area contributed by atoms with Gasteiger partial charge in [0, 0.05) is 6.42 Å². The van der Waals surface area contributed by atoms with Gasteiger partial charge in [-0.15, -0.1) is 0 Å². The monoisotopic (exact) mass is 412 g/mol. The van der Waals surface area contributed by atoms with Crippen molar-refractivity contribution in [3.63, 3.8) is 0 Å². The molecule has 4 rings (SSSR count). The van der Waals surface area contributed by atoms with Crippen LogP contribution >= 0.6 is 0 Å². The highest BCUT2D eigenvalue weighted by atomic mass is 16.5. The Kier molecular flexibility index (Phi) is 6.26. The second-order valence-corrected chi connectivity index (χ2v) is 12.0. The number of fused-ring (bicyclic) bond motifs is 5. The van der Waals surface area contributed by atoms with Crippen LogP contribution in [0.2, 0.25) is 0 Å². The Morgan fingerprint density at radius 2 is 1.90 bits per heavy atom. The third-order valence-corrected chi connectivity index (χ3v) is 10.1. The number of carbonyl (C=O) groups is 1. The normalized spacial score (nSPS) is 44.2. The van der Waals surface area contributed by atoms with Crippen molar-refractivity contribution in [2.45, 2.75) is 98.5 Å². The topological polar surface area (TPSA) is 26.3 Å². The average molecular weight is 413 g/mol. The summed E-state index contributed by atoms with van der Waals surface area (Å²) in [7, 11) is 0. The van der Waals surface area contributed by atoms with Gasteiger partial charge in [-0.1, -0.05) is 58.4 Å². The number of allylic oxidation sites excluding steroid dienone is 3. The largest absolute Gasteiger partial charge is 0.464 e. The first kappa shape index (κ1) is 22.2. The lowest BCUT2D eigenvalue weighted by Crippen LogP contribution is -2.50. The summed E-state index contributed by atoms with van der Waals surface area (Å²) in [4.78, 5) is 10.8. The van der Waals surface area contributed by atoms with Crippen LogP contribution in [0.3, 0.4) is 0 Å². The zero-order chi connectivity index (χ0) is 21.5. The Bertz CT molecular complexity index is 691. The number of hydrogen-bond donors (Lipinski definition) is 0. The maximum atomic E-state index is 10.8. The van der Waals surface area contributed by atoms with Crippen molar-refractivity contribution in [1.82, 2.24) is 0 Å². The standard InChI is InChI=1S/C28H44O2/c1-19(2)7-6-8-20(3)24-11-12-25-23-10-9-21-17-22(30-18-29)13-15-27(21,4)26(23)14-16-28(24,25)5/h6,8-9,18-20,22-26H,7,10-17H2,1-5H3/b8-6+/t20?,22-,23?,24?,25?,26?,27-,28+/m0/s1. The molecule has 0 amide bonds. The van der Waals surface area contributed by atoms with Crippen molar-refractivity contribution in [2.75, 3.05) is 0 Å². The Morgan fingerprint density at radius 1 is 1.10 bits per heavy atom. The third-order valence-electron chi connectivity index (χ3n) is 10.1. The lowest BCUT2D eigenvalue weighted by molar-refractivity contribution is -0.136. The number of ether oxygens (including phenoxy) is 1. The summed E-state index contributed by atoms with van der Waals surface area (Å²) in [6, 6.07) is 0. The van der Waals surface area contributed by atoms with E-state index in [1.54, 1.807) is 5.57 Å². The minimum atomic E-state index is 0.113. The van der Waals surface area contributed by atoms with Gasteiger partial charge in [0.25, 0.3) is 6.47 Å². The molecule has 0 aromatic heterocycles. The van der Waals surface area contributed by atoms with E-state index >= 15 is 0 Å². The Balaban J connectivity index is 1.51. The van der Waals surface area contributed by atoms with Crippen molar-refractivity contribution in [2.24, 2.45) is 46.3 Å². The average Bonchev–Trinajstić information content (AvgIpc) is 3.05. The van der Waals surface area contributed by atoms with E-state index in [-0.39, 0.29) is 6.10 Å². The van der Waals surface area contributed by atoms with Crippen LogP contribution in [0.1, 0.15) is 92.4 Å². The first-order chi connectivity index (χ1) is 14.3. The molecule has 3 fully saturated rings. The Hall–Kier alpha value is -1.05. The number of hydrogen-bond acceptors (Lipinski definition) is 2. The van der Waals surface area contributed by atoms with Gasteiger partial charge in [0.05, 0.1) is 0 Å². The molecule has 0 saturated heterocycles. The molecule has 3 saturated carbocycles. The SMILES string of the molecule is CC(C)C/C=C/C(C)C1CCC2C3CC=C4C[C@@H](OC=O)CC[C@]4(C)C3CC[C@]12C. The van der Waals surface area contributed by atoms with Gasteiger partial charge >= 0.3 is 0 Å². The highest BCUT2D eigenvalue weighted by molar-refractivity contribution is 5.38. The van der Waals surface area contributed by atoms with Crippen molar-refractivity contribution >= 4 is 6.47 Å². The van der Waals surface area contributed by atoms with E-state index in [0.717, 1.165) is 42.4 Å². The van der Waals surface area contributed by atoms with Crippen LogP contribution in [-0.4, -0.2) is 12.6 Å². The van der Waals surface area contributed by atoms with Gasteiger partial charge in [-0.2, -0.15) is 0 Å². The van der Waals surface area contributed by atoms with Crippen LogP contribution in [-0.2, 0) is 9.53 Å². The van der Waals surface area contributed by atoms with Crippen LogP contribution in [0.4, 0.5) is 0 Å². The summed E-state index contributed by atoms with van der Waals surface area (Å²) in [6.45, 7) is 12.9. The van der Waals surface area contributed by atoms with Crippen molar-refractivity contribution in [1.29, 1.82) is 0 Å². The molecule has 30 heavy (non-hydrogen) atoms. The minimum absolute atomic E-state index is 0.113. The predicted molar refractivity (Wildman–Crippen MR) is 124 cm³/mol. The fourth-order valence-electron chi connectivity index (χ4n) is 8.43. The smallest absolute Gasteiger partial charge is 0.293 e. The van der Waals surface area contributed by atoms with E-state index in [0.29, 0.717) is 23.2 Å². The van der Waals surface area contributed by atoms with Crippen LogP contribution in [0.25, 0.3) is 0 Å². The van der Waals surface area contributed by atoms with E-state index in [9.17, 15) is 4.79 Å². The molecule has 4 aliphatic carbocycles. The lowest BCUT2D eigenvalue weighted by Gasteiger charge is -2.58. The quantitative estimate of drug-likeness (QED) is 0.337. The highest BCUT2D eigenvalue weighted by Crippen LogP contribution is 2.67. The molecule has 0 aromatic rings. The predicted octanol–water partition coefficient (Wildman–Crippen LogP) is 7.35. The number of rotatable bonds is 6. The molecular formula is C28H44O2. The second-order valence-electron chi connectivity index (χ2n) is 12.0. The van der Waals surface area contributed by atoms with Gasteiger partial charge < -0.3 is 4.74 Å². The molecule has 0 aromatic carbocycles. The van der Waals surface area contributed by atoms with Crippen molar-refractivity contribution in [3.05, 3.63) is 23.8 Å². The van der Waals surface area contributed by atoms with Gasteiger partial charge in [-0.05, 0) is 97.7 Å². The summed E-state index contributed by atoms with van der Waals surface area (Å²) in [5.41, 5.74) is 2.46. The molecular weight excluding hydrogens is 368 g/mol. The molecule has 0 spiro atoms. The minimum Gasteiger partial charge on any atom is -0.464 e. The Morgan fingerprint density at radius 3 is 2.63 bits per heavy atom. The van der Waals surface area contributed by atoms with E-state index in [1.165, 1.54) is 44.9 Å². The maximum Gasteiger partial charge on any atom is 0.293 e. The summed E-state index contributed by atoms with van der Waals surface area (Å²) < 4.78 is 5.36. The number of carbonyl (C=O) groups excluding carboxylic acids is 1. The Labute approximate surface area is 184 Å². The molecule has 0 aliphatic heterocycles. The van der Waals surface area contributed by atoms with E-state index in [2.05, 4.69) is 52.8 Å². The van der Waals surface area contributed by atoms with Crippen molar-refractivity contribution in [3.8, 4) is 0 Å². The van der Waals surface area contributed by atoms with Crippen molar-refractivity contribution < 1.29 is 9.53 Å². The van der Waals surface area contributed by atoms with Gasteiger partial charge in [-0.25, -0.2) is 0 Å². The summed E-state index contributed by atoms with van der Waals surface area (Å²) in [5, 5.41) is 0. The molecule has 2 nitrogen and oxygen atoms in total. The third kappa shape index (κ3) is 3.71. The first-order valence-corrected chi connectivity index (χ1v) is 12.7. The summed E-state index contributed by atoms with van der Waals surface area (Å²) >= 11 is 0. The molecule has 4 aliphatic rings. The molecule has 8 atom stereocenters. The van der Waals surface area contributed by atoms with Gasteiger partial charge in [-0.3, -0.25) is 4.79 Å². The summed E-state index contributed by atoms with van der Waals surface area (Å²) in [5.74, 6) is 4.89. The van der Waals surface area contributed by atoms with E-state index in [1.807, 2.05) is 0 Å². The molecule has 5 unspecified atom stereocenters. The van der Waals surface area contributed by atoms with Crippen LogP contribution in [0.5, 0.6) is 0 Å². The van der Waals surface area contributed by atoms with Crippen LogP contribution in [0, 0.1) is 46.3 Å². The summed E-state index contributed by atoms with van der Waals surface area (Å²) in [6.07, 6.45) is 19.0. The van der Waals surface area contributed by atoms with Crippen LogP contribution in [0.15, 0.2) is 23.8 Å². The first-order valence-electron chi connectivity index (χ1n) is 12.7. The van der Waals surface area contributed by atoms with E-state index in [4.69, 9.17) is 4.74 Å². The highest BCUT2D eigenvalue weighted by Gasteiger charge is 2.59. The second kappa shape index (κ2) is 8.47. The van der Waals surface area contributed by atoms with Gasteiger partial charge in [0.15, 0.2) is 0 Å². The van der Waals surface area contributed by atoms with Gasteiger partial charge in [0.2, 0.25) is 0 Å². The fourth-order valence-corrected chi connectivity index (χ4v) is 8.43. The van der Waals surface area contributed by atoms with E-state index < -0.39 is 0 Å². The molecule has 0 bridgehead atoms. The molecule has 0 N–H and O–H groups in total. The zero-order valence-electron chi connectivity index (χ0n) is 20.0. The molecule has 0 heterocycles. The molecule has 0 radical (unpaired) electrons. The van der Waals surface area contributed by atoms with Gasteiger partial charge in [0.1, 0.15) is 6.10 Å². The molecule has 168 valence electrons. The van der Waals surface area contributed by atoms with Crippen LogP contribution < -0.4 is 0 Å². The fraction of sp³-hybridized carbons (Fsp3) is 0.821.